The third-order valence-electron chi connectivity index (χ3n) is 4.33. The smallest absolute Gasteiger partial charge is 0.269 e. The van der Waals surface area contributed by atoms with Gasteiger partial charge in [-0.05, 0) is 23.3 Å². The summed E-state index contributed by atoms with van der Waals surface area (Å²) in [4.78, 5) is 35.8. The molecule has 138 valence electrons. The highest BCUT2D eigenvalue weighted by Gasteiger charge is 2.31. The first-order valence-electron chi connectivity index (χ1n) is 8.42. The molecular formula is C19H18N4O4. The van der Waals surface area contributed by atoms with Crippen molar-refractivity contribution in [1.82, 2.24) is 10.3 Å². The van der Waals surface area contributed by atoms with Gasteiger partial charge in [0.25, 0.3) is 11.6 Å². The second-order valence-electron chi connectivity index (χ2n) is 6.23. The Bertz CT molecular complexity index is 865. The van der Waals surface area contributed by atoms with Crippen molar-refractivity contribution >= 4 is 23.7 Å². The summed E-state index contributed by atoms with van der Waals surface area (Å²) in [6.45, 7) is 0.447. The first kappa shape index (κ1) is 18.2. The third kappa shape index (κ3) is 4.75. The Morgan fingerprint density at radius 2 is 1.93 bits per heavy atom. The zero-order chi connectivity index (χ0) is 19.2. The molecule has 0 saturated carbocycles. The summed E-state index contributed by atoms with van der Waals surface area (Å²) in [6.07, 6.45) is 1.78. The number of non-ortho nitro benzene ring substituents is 1. The van der Waals surface area contributed by atoms with Crippen molar-refractivity contribution in [3.63, 3.8) is 0 Å². The van der Waals surface area contributed by atoms with Gasteiger partial charge in [0.1, 0.15) is 6.54 Å². The number of rotatable bonds is 6. The number of nitro benzene ring substituents is 1. The zero-order valence-corrected chi connectivity index (χ0v) is 14.4. The van der Waals surface area contributed by atoms with Gasteiger partial charge in [0.15, 0.2) is 0 Å². The van der Waals surface area contributed by atoms with E-state index in [1.165, 1.54) is 35.4 Å². The number of carbonyl (C=O) groups is 2. The van der Waals surface area contributed by atoms with Crippen LogP contribution in [0.1, 0.15) is 23.5 Å². The quantitative estimate of drug-likeness (QED) is 0.480. The van der Waals surface area contributed by atoms with Crippen LogP contribution >= 0.6 is 0 Å². The van der Waals surface area contributed by atoms with Gasteiger partial charge in [-0.2, -0.15) is 5.10 Å². The van der Waals surface area contributed by atoms with Crippen molar-refractivity contribution in [3.05, 3.63) is 75.8 Å². The number of likely N-dealkylation sites (tertiary alicyclic amines) is 1. The van der Waals surface area contributed by atoms with Gasteiger partial charge in [-0.1, -0.05) is 30.3 Å². The van der Waals surface area contributed by atoms with Crippen molar-refractivity contribution in [2.75, 3.05) is 13.1 Å². The molecule has 0 aromatic heterocycles. The summed E-state index contributed by atoms with van der Waals surface area (Å²) in [6, 6.07) is 15.5. The molecule has 0 spiro atoms. The fourth-order valence-corrected chi connectivity index (χ4v) is 2.94. The molecule has 2 aromatic rings. The molecule has 1 heterocycles. The SMILES string of the molecule is O=C(CN1C[C@@H](c2ccccc2)CC1=O)N/N=C\c1ccc([N+](=O)[O-])cc1. The number of hydrazone groups is 1. The molecule has 0 aliphatic carbocycles. The van der Waals surface area contributed by atoms with Crippen LogP contribution < -0.4 is 5.43 Å². The van der Waals surface area contributed by atoms with Gasteiger partial charge < -0.3 is 4.90 Å². The van der Waals surface area contributed by atoms with Crippen LogP contribution in [0.15, 0.2) is 59.7 Å². The van der Waals surface area contributed by atoms with E-state index >= 15 is 0 Å². The van der Waals surface area contributed by atoms with Gasteiger partial charge in [0, 0.05) is 31.0 Å². The number of nitro groups is 1. The van der Waals surface area contributed by atoms with Crippen LogP contribution in [0, 0.1) is 10.1 Å². The molecule has 3 rings (SSSR count). The molecule has 2 aromatic carbocycles. The standard InChI is InChI=1S/C19H18N4O4/c24-18(21-20-11-14-6-8-17(9-7-14)23(26)27)13-22-12-16(10-19(22)25)15-4-2-1-3-5-15/h1-9,11,16H,10,12-13H2,(H,21,24)/b20-11-/t16-/m0/s1. The van der Waals surface area contributed by atoms with Crippen molar-refractivity contribution in [3.8, 4) is 0 Å². The van der Waals surface area contributed by atoms with Crippen molar-refractivity contribution < 1.29 is 14.5 Å². The molecule has 8 nitrogen and oxygen atoms in total. The average molecular weight is 366 g/mol. The molecule has 1 aliphatic heterocycles. The number of amides is 2. The fourth-order valence-electron chi connectivity index (χ4n) is 2.94. The maximum absolute atomic E-state index is 12.1. The van der Waals surface area contributed by atoms with Crippen molar-refractivity contribution in [1.29, 1.82) is 0 Å². The van der Waals surface area contributed by atoms with Crippen LogP contribution in [-0.4, -0.2) is 40.9 Å². The van der Waals surface area contributed by atoms with Crippen LogP contribution in [0.4, 0.5) is 5.69 Å². The Morgan fingerprint density at radius 3 is 2.59 bits per heavy atom. The van der Waals surface area contributed by atoms with Crippen LogP contribution in [0.25, 0.3) is 0 Å². The van der Waals surface area contributed by atoms with Crippen LogP contribution in [0.5, 0.6) is 0 Å². The van der Waals surface area contributed by atoms with E-state index in [2.05, 4.69) is 10.5 Å². The first-order chi connectivity index (χ1) is 13.0. The van der Waals surface area contributed by atoms with Crippen molar-refractivity contribution in [2.24, 2.45) is 5.10 Å². The predicted octanol–water partition coefficient (Wildman–Crippen LogP) is 2.06. The second-order valence-corrected chi connectivity index (χ2v) is 6.23. The molecule has 1 fully saturated rings. The largest absolute Gasteiger partial charge is 0.333 e. The highest BCUT2D eigenvalue weighted by molar-refractivity contribution is 5.87. The summed E-state index contributed by atoms with van der Waals surface area (Å²) in [5.74, 6) is -0.358. The highest BCUT2D eigenvalue weighted by atomic mass is 16.6. The molecule has 8 heteroatoms. The average Bonchev–Trinajstić information content (AvgIpc) is 3.03. The van der Waals surface area contributed by atoms with E-state index in [9.17, 15) is 19.7 Å². The molecule has 1 atom stereocenters. The molecular weight excluding hydrogens is 348 g/mol. The Labute approximate surface area is 155 Å². The molecule has 0 bridgehead atoms. The first-order valence-corrected chi connectivity index (χ1v) is 8.42. The molecule has 27 heavy (non-hydrogen) atoms. The van der Waals surface area contributed by atoms with E-state index < -0.39 is 10.8 Å². The van der Waals surface area contributed by atoms with Gasteiger partial charge in [-0.15, -0.1) is 0 Å². The highest BCUT2D eigenvalue weighted by Crippen LogP contribution is 2.27. The number of hydrogen-bond donors (Lipinski definition) is 1. The Kier molecular flexibility index (Phi) is 5.55. The van der Waals surface area contributed by atoms with Gasteiger partial charge in [0.05, 0.1) is 11.1 Å². The van der Waals surface area contributed by atoms with Crippen LogP contribution in [-0.2, 0) is 9.59 Å². The van der Waals surface area contributed by atoms with Crippen LogP contribution in [0.2, 0.25) is 0 Å². The van der Waals surface area contributed by atoms with E-state index in [4.69, 9.17) is 0 Å². The van der Waals surface area contributed by atoms with Crippen molar-refractivity contribution in [2.45, 2.75) is 12.3 Å². The second kappa shape index (κ2) is 8.22. The third-order valence-corrected chi connectivity index (χ3v) is 4.33. The predicted molar refractivity (Wildman–Crippen MR) is 99.2 cm³/mol. The Balaban J connectivity index is 1.50. The lowest BCUT2D eigenvalue weighted by Crippen LogP contribution is -2.36. The van der Waals surface area contributed by atoms with Gasteiger partial charge in [-0.3, -0.25) is 19.7 Å². The molecule has 1 saturated heterocycles. The van der Waals surface area contributed by atoms with Gasteiger partial charge in [-0.25, -0.2) is 5.43 Å². The summed E-state index contributed by atoms with van der Waals surface area (Å²) in [5.41, 5.74) is 4.06. The lowest BCUT2D eigenvalue weighted by atomic mass is 9.99. The topological polar surface area (TPSA) is 105 Å². The fraction of sp³-hybridized carbons (Fsp3) is 0.211. The number of hydrogen-bond acceptors (Lipinski definition) is 5. The minimum atomic E-state index is -0.488. The summed E-state index contributed by atoms with van der Waals surface area (Å²) in [5, 5.41) is 14.4. The summed E-state index contributed by atoms with van der Waals surface area (Å²) < 4.78 is 0. The maximum Gasteiger partial charge on any atom is 0.269 e. The van der Waals surface area contributed by atoms with Crippen LogP contribution in [0.3, 0.4) is 0 Å². The summed E-state index contributed by atoms with van der Waals surface area (Å²) >= 11 is 0. The van der Waals surface area contributed by atoms with Gasteiger partial charge >= 0.3 is 0 Å². The lowest BCUT2D eigenvalue weighted by Gasteiger charge is -2.15. The monoisotopic (exact) mass is 366 g/mol. The van der Waals surface area contributed by atoms with E-state index in [-0.39, 0.29) is 24.1 Å². The van der Waals surface area contributed by atoms with E-state index in [0.717, 1.165) is 5.56 Å². The Morgan fingerprint density at radius 1 is 1.22 bits per heavy atom. The molecule has 1 N–H and O–H groups in total. The number of nitrogens with one attached hydrogen (secondary N) is 1. The molecule has 0 unspecified atom stereocenters. The van der Waals surface area contributed by atoms with E-state index in [1.807, 2.05) is 30.3 Å². The normalized spacial score (nSPS) is 16.7. The number of nitrogens with zero attached hydrogens (tertiary/aromatic N) is 3. The minimum absolute atomic E-state index is 0.0169. The minimum Gasteiger partial charge on any atom is -0.333 e. The molecule has 1 aliphatic rings. The number of benzene rings is 2. The zero-order valence-electron chi connectivity index (χ0n) is 14.4. The van der Waals surface area contributed by atoms with E-state index in [1.54, 1.807) is 0 Å². The maximum atomic E-state index is 12.1. The van der Waals surface area contributed by atoms with Gasteiger partial charge in [0.2, 0.25) is 5.91 Å². The number of carbonyl (C=O) groups excluding carboxylic acids is 2. The van der Waals surface area contributed by atoms with E-state index in [0.29, 0.717) is 18.5 Å². The molecule has 2 amide bonds. The lowest BCUT2D eigenvalue weighted by molar-refractivity contribution is -0.384. The summed E-state index contributed by atoms with van der Waals surface area (Å²) in [7, 11) is 0. The molecule has 0 radical (unpaired) electrons. The Hall–Kier alpha value is -3.55.